The summed E-state index contributed by atoms with van der Waals surface area (Å²) < 4.78 is 5.92. The number of nitrogens with one attached hydrogen (secondary N) is 2. The van der Waals surface area contributed by atoms with Crippen molar-refractivity contribution in [3.63, 3.8) is 0 Å². The van der Waals surface area contributed by atoms with Crippen LogP contribution in [0.1, 0.15) is 18.4 Å². The first-order chi connectivity index (χ1) is 9.78. The number of anilines is 2. The van der Waals surface area contributed by atoms with Gasteiger partial charge in [0.1, 0.15) is 18.0 Å². The number of hydrogen-bond acceptors (Lipinski definition) is 7. The fraction of sp³-hybridized carbons (Fsp3) is 0.692. The number of rotatable bonds is 4. The molecule has 0 aromatic carbocycles. The molecule has 0 spiro atoms. The topological polar surface area (TPSA) is 88.3 Å². The molecule has 2 aliphatic heterocycles. The van der Waals surface area contributed by atoms with Crippen molar-refractivity contribution in [3.05, 3.63) is 11.9 Å². The lowest BCUT2D eigenvalue weighted by atomic mass is 10.2. The molecule has 0 saturated carbocycles. The molecule has 0 amide bonds. The number of hydrogen-bond donors (Lipinski definition) is 3. The number of nitrogen functional groups attached to an aromatic ring is 1. The Hall–Kier alpha value is -1.44. The van der Waals surface area contributed by atoms with E-state index in [1.165, 1.54) is 25.7 Å². The second-order valence-corrected chi connectivity index (χ2v) is 5.47. The Kier molecular flexibility index (Phi) is 4.00. The lowest BCUT2D eigenvalue weighted by molar-refractivity contribution is -0.0416. The van der Waals surface area contributed by atoms with Gasteiger partial charge in [0, 0.05) is 24.7 Å². The Morgan fingerprint density at radius 3 is 3.15 bits per heavy atom. The van der Waals surface area contributed by atoms with Crippen LogP contribution in [0.25, 0.3) is 0 Å². The van der Waals surface area contributed by atoms with E-state index in [0.717, 1.165) is 31.1 Å². The summed E-state index contributed by atoms with van der Waals surface area (Å²) in [5.74, 6) is 6.87. The molecule has 2 aliphatic rings. The molecule has 1 aromatic heterocycles. The van der Waals surface area contributed by atoms with Crippen LogP contribution in [0.3, 0.4) is 0 Å². The summed E-state index contributed by atoms with van der Waals surface area (Å²) in [6, 6.07) is 0.639. The fourth-order valence-electron chi connectivity index (χ4n) is 2.99. The standard InChI is InChI=1S/C13H22N6O/c1-9-12(16-8-17-13(9)18-14)15-5-11-6-19-4-2-3-10(19)7-20-11/h8,10-11H,2-7,14H2,1H3,(H2,15,16,17,18). The number of fused-ring (bicyclic) bond motifs is 1. The minimum Gasteiger partial charge on any atom is -0.373 e. The Labute approximate surface area is 118 Å². The maximum atomic E-state index is 5.92. The van der Waals surface area contributed by atoms with Crippen molar-refractivity contribution in [2.45, 2.75) is 31.9 Å². The lowest BCUT2D eigenvalue weighted by Crippen LogP contribution is -2.48. The number of aromatic nitrogens is 2. The fourth-order valence-corrected chi connectivity index (χ4v) is 2.99. The van der Waals surface area contributed by atoms with E-state index in [-0.39, 0.29) is 6.10 Å². The number of hydrazine groups is 1. The first-order valence-corrected chi connectivity index (χ1v) is 7.15. The average Bonchev–Trinajstić information content (AvgIpc) is 2.93. The van der Waals surface area contributed by atoms with E-state index in [1.807, 2.05) is 6.92 Å². The molecular weight excluding hydrogens is 256 g/mol. The molecule has 0 bridgehead atoms. The maximum absolute atomic E-state index is 5.92. The summed E-state index contributed by atoms with van der Waals surface area (Å²) in [5, 5.41) is 3.34. The first-order valence-electron chi connectivity index (χ1n) is 7.15. The Balaban J connectivity index is 1.57. The smallest absolute Gasteiger partial charge is 0.148 e. The van der Waals surface area contributed by atoms with Gasteiger partial charge in [-0.1, -0.05) is 0 Å². The molecule has 2 saturated heterocycles. The summed E-state index contributed by atoms with van der Waals surface area (Å²) in [5.41, 5.74) is 3.49. The quantitative estimate of drug-likeness (QED) is 0.541. The highest BCUT2D eigenvalue weighted by atomic mass is 16.5. The van der Waals surface area contributed by atoms with Crippen molar-refractivity contribution in [1.82, 2.24) is 14.9 Å². The van der Waals surface area contributed by atoms with Crippen LogP contribution in [0.2, 0.25) is 0 Å². The van der Waals surface area contributed by atoms with Gasteiger partial charge in [-0.3, -0.25) is 4.90 Å². The van der Waals surface area contributed by atoms with E-state index in [1.54, 1.807) is 0 Å². The molecular formula is C13H22N6O. The third-order valence-corrected chi connectivity index (χ3v) is 4.18. The molecule has 110 valence electrons. The van der Waals surface area contributed by atoms with Crippen molar-refractivity contribution >= 4 is 11.6 Å². The monoisotopic (exact) mass is 278 g/mol. The predicted molar refractivity (Wildman–Crippen MR) is 77.4 cm³/mol. The van der Waals surface area contributed by atoms with E-state index in [2.05, 4.69) is 25.6 Å². The highest BCUT2D eigenvalue weighted by Crippen LogP contribution is 2.23. The predicted octanol–water partition coefficient (Wildman–Crippen LogP) is 0.346. The summed E-state index contributed by atoms with van der Waals surface area (Å²) in [7, 11) is 0. The molecule has 0 aliphatic carbocycles. The van der Waals surface area contributed by atoms with Crippen molar-refractivity contribution < 1.29 is 4.74 Å². The lowest BCUT2D eigenvalue weighted by Gasteiger charge is -2.35. The Morgan fingerprint density at radius 1 is 1.45 bits per heavy atom. The molecule has 1 aromatic rings. The maximum Gasteiger partial charge on any atom is 0.148 e. The highest BCUT2D eigenvalue weighted by molar-refractivity contribution is 5.55. The van der Waals surface area contributed by atoms with Crippen molar-refractivity contribution in [2.24, 2.45) is 5.84 Å². The van der Waals surface area contributed by atoms with Crippen LogP contribution in [0.15, 0.2) is 6.33 Å². The van der Waals surface area contributed by atoms with Gasteiger partial charge in [-0.15, -0.1) is 0 Å². The number of morpholine rings is 1. The second-order valence-electron chi connectivity index (χ2n) is 5.47. The van der Waals surface area contributed by atoms with Crippen LogP contribution in [0.4, 0.5) is 11.6 Å². The molecule has 2 unspecified atom stereocenters. The molecule has 20 heavy (non-hydrogen) atoms. The summed E-state index contributed by atoms with van der Waals surface area (Å²) in [6.45, 7) is 5.76. The molecule has 0 radical (unpaired) electrons. The number of ether oxygens (including phenoxy) is 1. The van der Waals surface area contributed by atoms with Gasteiger partial charge in [0.25, 0.3) is 0 Å². The third-order valence-electron chi connectivity index (χ3n) is 4.18. The Bertz CT molecular complexity index is 468. The highest BCUT2D eigenvalue weighted by Gasteiger charge is 2.32. The van der Waals surface area contributed by atoms with Crippen LogP contribution >= 0.6 is 0 Å². The molecule has 3 heterocycles. The van der Waals surface area contributed by atoms with Crippen LogP contribution in [0, 0.1) is 6.92 Å². The van der Waals surface area contributed by atoms with Gasteiger partial charge in [-0.2, -0.15) is 0 Å². The molecule has 4 N–H and O–H groups in total. The van der Waals surface area contributed by atoms with Gasteiger partial charge >= 0.3 is 0 Å². The molecule has 7 nitrogen and oxygen atoms in total. The van der Waals surface area contributed by atoms with Crippen molar-refractivity contribution in [2.75, 3.05) is 37.0 Å². The molecule has 2 fully saturated rings. The van der Waals surface area contributed by atoms with Gasteiger partial charge in [-0.05, 0) is 26.3 Å². The van der Waals surface area contributed by atoms with Crippen LogP contribution in [-0.2, 0) is 4.74 Å². The zero-order valence-corrected chi connectivity index (χ0v) is 11.8. The van der Waals surface area contributed by atoms with Crippen LogP contribution < -0.4 is 16.6 Å². The first kappa shape index (κ1) is 13.5. The third kappa shape index (κ3) is 2.70. The normalized spacial score (nSPS) is 26.3. The zero-order valence-electron chi connectivity index (χ0n) is 11.8. The molecule has 3 rings (SSSR count). The second kappa shape index (κ2) is 5.90. The van der Waals surface area contributed by atoms with E-state index >= 15 is 0 Å². The summed E-state index contributed by atoms with van der Waals surface area (Å²) in [6.07, 6.45) is 4.29. The van der Waals surface area contributed by atoms with Crippen molar-refractivity contribution in [3.8, 4) is 0 Å². The zero-order chi connectivity index (χ0) is 13.9. The average molecular weight is 278 g/mol. The molecule has 7 heteroatoms. The van der Waals surface area contributed by atoms with Gasteiger partial charge in [-0.25, -0.2) is 15.8 Å². The summed E-state index contributed by atoms with van der Waals surface area (Å²) >= 11 is 0. The Morgan fingerprint density at radius 2 is 2.30 bits per heavy atom. The van der Waals surface area contributed by atoms with Gasteiger partial charge in [0.2, 0.25) is 0 Å². The van der Waals surface area contributed by atoms with E-state index in [9.17, 15) is 0 Å². The summed E-state index contributed by atoms with van der Waals surface area (Å²) in [4.78, 5) is 10.9. The minimum atomic E-state index is 0.216. The van der Waals surface area contributed by atoms with E-state index in [0.29, 0.717) is 11.9 Å². The van der Waals surface area contributed by atoms with E-state index < -0.39 is 0 Å². The number of nitrogens with two attached hydrogens (primary N) is 1. The molecule has 2 atom stereocenters. The van der Waals surface area contributed by atoms with Gasteiger partial charge < -0.3 is 15.5 Å². The number of nitrogens with zero attached hydrogens (tertiary/aromatic N) is 3. The van der Waals surface area contributed by atoms with Gasteiger partial charge in [0.15, 0.2) is 0 Å². The van der Waals surface area contributed by atoms with Gasteiger partial charge in [0.05, 0.1) is 12.7 Å². The largest absolute Gasteiger partial charge is 0.373 e. The minimum absolute atomic E-state index is 0.216. The van der Waals surface area contributed by atoms with Crippen LogP contribution in [0.5, 0.6) is 0 Å². The SMILES string of the molecule is Cc1c(NN)ncnc1NCC1CN2CCCC2CO1. The van der Waals surface area contributed by atoms with Crippen LogP contribution in [-0.4, -0.2) is 53.3 Å². The van der Waals surface area contributed by atoms with E-state index in [4.69, 9.17) is 10.6 Å². The van der Waals surface area contributed by atoms with Crippen molar-refractivity contribution in [1.29, 1.82) is 0 Å².